The van der Waals surface area contributed by atoms with Crippen molar-refractivity contribution in [3.05, 3.63) is 56.8 Å². The Labute approximate surface area is 400 Å². The summed E-state index contributed by atoms with van der Waals surface area (Å²) >= 11 is 0. The Balaban J connectivity index is 1.73. The Bertz CT molecular complexity index is 2090. The molecule has 68 heavy (non-hydrogen) atoms. The average Bonchev–Trinajstić information content (AvgIpc) is 3.19. The van der Waals surface area contributed by atoms with Crippen LogP contribution in [0.15, 0.2) is 39.7 Å². The molecule has 1 heterocycles. The van der Waals surface area contributed by atoms with Crippen molar-refractivity contribution in [3.63, 3.8) is 0 Å². The van der Waals surface area contributed by atoms with Gasteiger partial charge in [-0.1, -0.05) is 82.4 Å². The molecule has 19 nitrogen and oxygen atoms in total. The molecule has 3 amide bonds. The van der Waals surface area contributed by atoms with Gasteiger partial charge in [-0.15, -0.1) is 0 Å². The van der Waals surface area contributed by atoms with E-state index in [4.69, 9.17) is 23.7 Å². The summed E-state index contributed by atoms with van der Waals surface area (Å²) in [6.45, 7) is 26.4. The molecule has 0 spiro atoms. The van der Waals surface area contributed by atoms with Crippen LogP contribution in [0.3, 0.4) is 0 Å². The normalized spacial score (nSPS) is 27.1. The number of carbonyl (C=O) groups is 5. The minimum atomic E-state index is -0.756. The number of nitrogens with zero attached hydrogens (tertiary/aromatic N) is 3. The van der Waals surface area contributed by atoms with Crippen molar-refractivity contribution in [2.45, 2.75) is 171 Å². The smallest absolute Gasteiger partial charge is 0.407 e. The molecule has 3 saturated carbocycles. The van der Waals surface area contributed by atoms with Crippen molar-refractivity contribution in [1.82, 2.24) is 29.7 Å². The van der Waals surface area contributed by atoms with E-state index in [2.05, 4.69) is 70.7 Å². The van der Waals surface area contributed by atoms with E-state index >= 15 is 0 Å². The minimum absolute atomic E-state index is 0.0305. The average molecular weight is 959 g/mol. The van der Waals surface area contributed by atoms with Crippen molar-refractivity contribution in [1.29, 1.82) is 0 Å². The minimum Gasteiger partial charge on any atom is -0.459 e. The Morgan fingerprint density at radius 1 is 0.485 bits per heavy atom. The van der Waals surface area contributed by atoms with Crippen LogP contribution in [0.4, 0.5) is 14.4 Å². The Morgan fingerprint density at radius 3 is 1.01 bits per heavy atom. The van der Waals surface area contributed by atoms with E-state index in [1.807, 2.05) is 27.7 Å². The summed E-state index contributed by atoms with van der Waals surface area (Å²) in [5, 5.41) is 8.87. The van der Waals surface area contributed by atoms with Gasteiger partial charge in [0.25, 0.3) is 0 Å². The lowest BCUT2D eigenvalue weighted by Gasteiger charge is -2.48. The van der Waals surface area contributed by atoms with E-state index in [9.17, 15) is 38.4 Å². The summed E-state index contributed by atoms with van der Waals surface area (Å²) < 4.78 is 29.3. The quantitative estimate of drug-likeness (QED) is 0.0628. The fraction of sp³-hybridized carbons (Fsp3) is 0.755. The summed E-state index contributed by atoms with van der Waals surface area (Å²) in [6, 6.07) is -1.12. The van der Waals surface area contributed by atoms with E-state index < -0.39 is 75.6 Å². The topological polar surface area (TPSA) is 234 Å². The van der Waals surface area contributed by atoms with E-state index in [1.54, 1.807) is 0 Å². The van der Waals surface area contributed by atoms with Crippen molar-refractivity contribution in [2.75, 3.05) is 33.0 Å². The van der Waals surface area contributed by atoms with Gasteiger partial charge in [-0.25, -0.2) is 52.1 Å². The maximum absolute atomic E-state index is 15.0. The first kappa shape index (κ1) is 55.2. The fourth-order valence-electron chi connectivity index (χ4n) is 12.3. The molecule has 6 atom stereocenters. The van der Waals surface area contributed by atoms with Crippen molar-refractivity contribution in [2.24, 2.45) is 32.5 Å². The summed E-state index contributed by atoms with van der Waals surface area (Å²) in [5.74, 6) is -1.28. The second kappa shape index (κ2) is 22.4. The van der Waals surface area contributed by atoms with Crippen LogP contribution < -0.4 is 33.0 Å². The molecule has 3 aliphatic rings. The monoisotopic (exact) mass is 959 g/mol. The summed E-state index contributed by atoms with van der Waals surface area (Å²) in [4.78, 5) is 107. The Kier molecular flexibility index (Phi) is 18.2. The molecule has 0 aliphatic heterocycles. The van der Waals surface area contributed by atoms with Crippen LogP contribution in [0.25, 0.3) is 0 Å². The second-order valence-corrected chi connectivity index (χ2v) is 23.0. The van der Waals surface area contributed by atoms with Gasteiger partial charge in [0, 0.05) is 49.9 Å². The zero-order valence-electron chi connectivity index (χ0n) is 42.2. The molecule has 19 heteroatoms. The van der Waals surface area contributed by atoms with E-state index in [1.165, 1.54) is 13.7 Å². The molecule has 3 fully saturated rings. The largest absolute Gasteiger partial charge is 0.459 e. The highest BCUT2D eigenvalue weighted by atomic mass is 16.6. The third-order valence-corrected chi connectivity index (χ3v) is 13.2. The predicted molar refractivity (Wildman–Crippen MR) is 254 cm³/mol. The van der Waals surface area contributed by atoms with Crippen LogP contribution in [0.2, 0.25) is 0 Å². The zero-order valence-corrected chi connectivity index (χ0v) is 42.2. The molecular formula is C49H78N6O13. The van der Waals surface area contributed by atoms with Crippen LogP contribution >= 0.6 is 0 Å². The Morgan fingerprint density at radius 2 is 0.750 bits per heavy atom. The van der Waals surface area contributed by atoms with E-state index in [-0.39, 0.29) is 75.0 Å². The van der Waals surface area contributed by atoms with Gasteiger partial charge in [-0.3, -0.25) is 0 Å². The van der Waals surface area contributed by atoms with Crippen LogP contribution in [-0.2, 0) is 52.9 Å². The van der Waals surface area contributed by atoms with Gasteiger partial charge in [-0.05, 0) is 96.7 Å². The van der Waals surface area contributed by atoms with Gasteiger partial charge >= 0.3 is 47.3 Å². The number of alkyl carbamates (subject to hydrolysis) is 3. The van der Waals surface area contributed by atoms with Gasteiger partial charge in [0.05, 0.1) is 6.61 Å². The summed E-state index contributed by atoms with van der Waals surface area (Å²) in [5.41, 5.74) is -5.41. The molecule has 4 rings (SSSR count). The van der Waals surface area contributed by atoms with Crippen molar-refractivity contribution in [3.8, 4) is 0 Å². The molecule has 3 N–H and O–H groups in total. The maximum atomic E-state index is 15.0. The lowest BCUT2D eigenvalue weighted by Crippen LogP contribution is -2.60. The highest BCUT2D eigenvalue weighted by Crippen LogP contribution is 2.49. The first-order valence-corrected chi connectivity index (χ1v) is 23.9. The number of hydrogen-bond donors (Lipinski definition) is 3. The lowest BCUT2D eigenvalue weighted by atomic mass is 9.62. The number of hydrogen-bond acceptors (Lipinski definition) is 13. The fourth-order valence-corrected chi connectivity index (χ4v) is 12.3. The first-order chi connectivity index (χ1) is 31.5. The number of amides is 3. The summed E-state index contributed by atoms with van der Waals surface area (Å²) in [7, 11) is 0. The molecule has 0 saturated heterocycles. The van der Waals surface area contributed by atoms with Gasteiger partial charge in [0.2, 0.25) is 0 Å². The SMILES string of the molecule is C=CC(=O)OCCOC(=O)NC1CC(C)(C)CC(C)(Cn2c(=O)n(CC3(C)CC(NC(=O)OCCC)CC(C)(C)C3)c(=O)n(CC3(C)CC(NC(=O)OCCOC(=O)C=C)CC(C)(C)C3)c2=O)C1. The van der Waals surface area contributed by atoms with E-state index in [0.717, 1.165) is 12.2 Å². The summed E-state index contributed by atoms with van der Waals surface area (Å²) in [6.07, 6.45) is 5.55. The third-order valence-electron chi connectivity index (χ3n) is 13.2. The van der Waals surface area contributed by atoms with Crippen molar-refractivity contribution < 1.29 is 47.7 Å². The number of ether oxygens (including phenoxy) is 5. The second-order valence-electron chi connectivity index (χ2n) is 23.0. The number of esters is 2. The molecule has 1 aromatic rings. The molecule has 1 aromatic heterocycles. The van der Waals surface area contributed by atoms with Gasteiger partial charge in [0.1, 0.15) is 26.4 Å². The van der Waals surface area contributed by atoms with Crippen LogP contribution in [0, 0.1) is 32.5 Å². The molecule has 382 valence electrons. The molecular weight excluding hydrogens is 881 g/mol. The lowest BCUT2D eigenvalue weighted by molar-refractivity contribution is -0.139. The number of rotatable bonds is 19. The van der Waals surface area contributed by atoms with Gasteiger partial charge in [-0.2, -0.15) is 0 Å². The molecule has 0 radical (unpaired) electrons. The number of aromatic nitrogens is 3. The number of carbonyl (C=O) groups excluding carboxylic acids is 5. The molecule has 0 bridgehead atoms. The highest BCUT2D eigenvalue weighted by molar-refractivity contribution is 5.81. The zero-order chi connectivity index (χ0) is 50.9. The van der Waals surface area contributed by atoms with Gasteiger partial charge < -0.3 is 39.6 Å². The predicted octanol–water partition coefficient (Wildman–Crippen LogP) is 5.97. The van der Waals surface area contributed by atoms with Crippen LogP contribution in [-0.4, -0.2) is 95.1 Å². The highest BCUT2D eigenvalue weighted by Gasteiger charge is 2.47. The van der Waals surface area contributed by atoms with Crippen molar-refractivity contribution >= 4 is 30.2 Å². The van der Waals surface area contributed by atoms with Crippen LogP contribution in [0.1, 0.15) is 133 Å². The third kappa shape index (κ3) is 16.1. The van der Waals surface area contributed by atoms with E-state index in [0.29, 0.717) is 64.2 Å². The molecule has 3 aliphatic carbocycles. The number of nitrogens with one attached hydrogen (secondary N) is 3. The molecule has 6 unspecified atom stereocenters. The van der Waals surface area contributed by atoms with Crippen LogP contribution in [0.5, 0.6) is 0 Å². The molecule has 0 aromatic carbocycles. The standard InChI is InChI=1S/C49H78N6O13/c1-13-16-66-38(58)50-33-21-44(4,5)27-47(10,24-33)30-53-41(61)54(31-48(11)25-34(22-45(6,7)28-48)51-39(59)67-19-17-64-36(56)14-2)43(63)55(42(53)62)32-49(12)26-35(23-46(8,9)29-49)52-40(60)68-20-18-65-37(57)15-3/h14-15,33-35H,2-3,13,16-32H2,1,4-12H3,(H,50,58)(H,51,59)(H,52,60). The van der Waals surface area contributed by atoms with Gasteiger partial charge in [0.15, 0.2) is 0 Å². The first-order valence-electron chi connectivity index (χ1n) is 23.9. The maximum Gasteiger partial charge on any atom is 0.407 e. The Hall–Kier alpha value is -5.36.